The van der Waals surface area contributed by atoms with Crippen LogP contribution in [-0.2, 0) is 25.6 Å². The van der Waals surface area contributed by atoms with E-state index in [0.29, 0.717) is 11.3 Å². The Kier molecular flexibility index (Phi) is 8.65. The Morgan fingerprint density at radius 3 is 2.22 bits per heavy atom. The maximum absolute atomic E-state index is 14.2. The summed E-state index contributed by atoms with van der Waals surface area (Å²) < 4.78 is 0. The summed E-state index contributed by atoms with van der Waals surface area (Å²) in [5.41, 5.74) is -3.71. The van der Waals surface area contributed by atoms with Gasteiger partial charge in [0.05, 0.1) is 23.8 Å². The van der Waals surface area contributed by atoms with Gasteiger partial charge >= 0.3 is 0 Å². The van der Waals surface area contributed by atoms with E-state index in [9.17, 15) is 44.4 Å². The Labute approximate surface area is 260 Å². The number of carbonyl (C=O) groups is 5. The summed E-state index contributed by atoms with van der Waals surface area (Å²) in [6.45, 7) is 6.59. The average Bonchev–Trinajstić information content (AvgIpc) is 2.89. The molecule has 1 aromatic carbocycles. The van der Waals surface area contributed by atoms with Gasteiger partial charge in [-0.15, -0.1) is 0 Å². The van der Waals surface area contributed by atoms with Gasteiger partial charge in [0.1, 0.15) is 17.1 Å². The second-order valence-corrected chi connectivity index (χ2v) is 13.3. The quantitative estimate of drug-likeness (QED) is 0.172. The van der Waals surface area contributed by atoms with Crippen LogP contribution in [0.1, 0.15) is 50.0 Å². The number of nitrogens with zero attached hydrogens (tertiary/aromatic N) is 2. The monoisotopic (exact) mass is 627 g/mol. The molecule has 14 nitrogen and oxygen atoms in total. The van der Waals surface area contributed by atoms with E-state index >= 15 is 0 Å². The van der Waals surface area contributed by atoms with E-state index in [4.69, 9.17) is 0 Å². The Balaban J connectivity index is 1.87. The van der Waals surface area contributed by atoms with Gasteiger partial charge in [-0.3, -0.25) is 34.2 Å². The highest BCUT2D eigenvalue weighted by Gasteiger charge is 2.63. The SMILES string of the molecule is CC(=O)NC(=O)C1=C(O)[C@@H](N(C)C)[C@@H]2C[C@@H]3Cc4c(N(C)C)cc(NC(=O)CNC(C)(C)C)c(O)c4C(=O)C3=C(O)[C@]2(O)C1=O. The van der Waals surface area contributed by atoms with Gasteiger partial charge in [-0.2, -0.15) is 0 Å². The molecule has 7 N–H and O–H groups in total. The molecule has 0 aromatic heterocycles. The summed E-state index contributed by atoms with van der Waals surface area (Å²) in [6, 6.07) is 0.396. The number of phenolic OH excluding ortho intramolecular Hbond substituents is 1. The van der Waals surface area contributed by atoms with E-state index in [1.54, 1.807) is 39.2 Å². The molecule has 1 aromatic rings. The maximum Gasteiger partial charge on any atom is 0.265 e. The number of amides is 3. The summed E-state index contributed by atoms with van der Waals surface area (Å²) in [5, 5.41) is 53.6. The number of phenols is 1. The third-order valence-electron chi connectivity index (χ3n) is 8.50. The molecule has 0 unspecified atom stereocenters. The van der Waals surface area contributed by atoms with Crippen LogP contribution in [0.2, 0.25) is 0 Å². The van der Waals surface area contributed by atoms with Crippen molar-refractivity contribution in [3.63, 3.8) is 0 Å². The first-order chi connectivity index (χ1) is 20.7. The molecule has 0 aliphatic heterocycles. The lowest BCUT2D eigenvalue weighted by atomic mass is 9.58. The number of benzene rings is 1. The van der Waals surface area contributed by atoms with Gasteiger partial charge in [-0.1, -0.05) is 0 Å². The summed E-state index contributed by atoms with van der Waals surface area (Å²) in [4.78, 5) is 68.3. The molecular formula is C31H41N5O9. The van der Waals surface area contributed by atoms with Crippen LogP contribution in [0.3, 0.4) is 0 Å². The standard InChI is InChI=1S/C31H41N5O9/c1-13(37)33-29(44)22-26(41)23(36(7)8)16-10-14-9-15-18(35(5)6)11-17(34-19(38)12-32-30(2,3)4)24(39)21(15)25(40)20(14)27(42)31(16,45)28(22)43/h11,14,16,23,32,39,41-42,45H,9-10,12H2,1-8H3,(H,34,38)(H,33,37,44)/t14-,16-,23-,31-/m0/s1. The highest BCUT2D eigenvalue weighted by molar-refractivity contribution is 6.27. The number of Topliss-reactive ketones (excluding diaryl/α,β-unsaturated/α-hetero) is 2. The minimum Gasteiger partial charge on any atom is -0.510 e. The van der Waals surface area contributed by atoms with Crippen molar-refractivity contribution in [2.45, 2.75) is 57.7 Å². The van der Waals surface area contributed by atoms with Crippen molar-refractivity contribution < 1.29 is 44.4 Å². The average molecular weight is 628 g/mol. The predicted octanol–water partition coefficient (Wildman–Crippen LogP) is 0.691. The molecule has 244 valence electrons. The summed E-state index contributed by atoms with van der Waals surface area (Å²) in [6.07, 6.45) is 0.0380. The van der Waals surface area contributed by atoms with Crippen molar-refractivity contribution >= 4 is 40.7 Å². The molecule has 3 aliphatic carbocycles. The molecule has 0 radical (unpaired) electrons. The molecule has 0 saturated carbocycles. The number of aliphatic hydroxyl groups is 3. The number of fused-ring (bicyclic) bond motifs is 3. The van der Waals surface area contributed by atoms with E-state index in [0.717, 1.165) is 6.92 Å². The Hall–Kier alpha value is -4.27. The number of anilines is 2. The number of aliphatic hydroxyl groups excluding tert-OH is 2. The first kappa shape index (κ1) is 33.6. The molecule has 0 saturated heterocycles. The summed E-state index contributed by atoms with van der Waals surface area (Å²) >= 11 is 0. The lowest BCUT2D eigenvalue weighted by Crippen LogP contribution is -2.64. The van der Waals surface area contributed by atoms with Gasteiger partial charge in [0.15, 0.2) is 17.1 Å². The van der Waals surface area contributed by atoms with Crippen LogP contribution in [0, 0.1) is 11.8 Å². The highest BCUT2D eigenvalue weighted by Crippen LogP contribution is 2.54. The molecule has 0 bridgehead atoms. The fraction of sp³-hybridized carbons (Fsp3) is 0.516. The molecule has 0 spiro atoms. The fourth-order valence-electron chi connectivity index (χ4n) is 6.54. The van der Waals surface area contributed by atoms with Crippen molar-refractivity contribution in [3.05, 3.63) is 39.9 Å². The number of aromatic hydroxyl groups is 1. The molecule has 3 amide bonds. The zero-order valence-electron chi connectivity index (χ0n) is 26.7. The van der Waals surface area contributed by atoms with Crippen molar-refractivity contribution in [1.82, 2.24) is 15.5 Å². The van der Waals surface area contributed by atoms with Crippen LogP contribution >= 0.6 is 0 Å². The molecule has 14 heteroatoms. The van der Waals surface area contributed by atoms with Gasteiger partial charge in [0.2, 0.25) is 17.6 Å². The first-order valence-corrected chi connectivity index (χ1v) is 14.5. The molecule has 0 heterocycles. The molecule has 0 fully saturated rings. The Bertz CT molecular complexity index is 1570. The van der Waals surface area contributed by atoms with E-state index in [-0.39, 0.29) is 41.7 Å². The van der Waals surface area contributed by atoms with Crippen LogP contribution in [0.4, 0.5) is 11.4 Å². The second-order valence-electron chi connectivity index (χ2n) is 13.3. The van der Waals surface area contributed by atoms with Crippen LogP contribution in [-0.4, -0.2) is 107 Å². The largest absolute Gasteiger partial charge is 0.510 e. The van der Waals surface area contributed by atoms with Gasteiger partial charge in [-0.05, 0) is 65.3 Å². The third-order valence-corrected chi connectivity index (χ3v) is 8.50. The maximum atomic E-state index is 14.2. The van der Waals surface area contributed by atoms with Crippen LogP contribution in [0.5, 0.6) is 5.75 Å². The topological polar surface area (TPSA) is 209 Å². The van der Waals surface area contributed by atoms with E-state index < -0.39 is 75.6 Å². The molecule has 4 atom stereocenters. The van der Waals surface area contributed by atoms with Crippen molar-refractivity contribution in [2.24, 2.45) is 11.8 Å². The molecule has 45 heavy (non-hydrogen) atoms. The summed E-state index contributed by atoms with van der Waals surface area (Å²) in [5.74, 6) is -8.95. The van der Waals surface area contributed by atoms with E-state index in [2.05, 4.69) is 10.6 Å². The summed E-state index contributed by atoms with van der Waals surface area (Å²) in [7, 11) is 6.55. The van der Waals surface area contributed by atoms with Gasteiger partial charge in [0, 0.05) is 43.7 Å². The van der Waals surface area contributed by atoms with Crippen molar-refractivity contribution in [1.29, 1.82) is 0 Å². The molecule has 3 aliphatic rings. The number of allylic oxidation sites excluding steroid dienone is 1. The fourth-order valence-corrected chi connectivity index (χ4v) is 6.54. The van der Waals surface area contributed by atoms with E-state index in [1.807, 2.05) is 26.1 Å². The first-order valence-electron chi connectivity index (χ1n) is 14.5. The van der Waals surface area contributed by atoms with Crippen LogP contribution < -0.4 is 20.9 Å². The van der Waals surface area contributed by atoms with Gasteiger partial charge in [0.25, 0.3) is 5.91 Å². The molecule has 4 rings (SSSR count). The van der Waals surface area contributed by atoms with Crippen molar-refractivity contribution in [2.75, 3.05) is 45.0 Å². The lowest BCUT2D eigenvalue weighted by molar-refractivity contribution is -0.149. The number of nitrogens with one attached hydrogen (secondary N) is 3. The van der Waals surface area contributed by atoms with Crippen LogP contribution in [0.25, 0.3) is 0 Å². The minimum absolute atomic E-state index is 0.0464. The second kappa shape index (κ2) is 11.6. The third kappa shape index (κ3) is 5.69. The number of hydrogen-bond acceptors (Lipinski definition) is 12. The Morgan fingerprint density at radius 1 is 1.07 bits per heavy atom. The number of carbonyl (C=O) groups excluding carboxylic acids is 5. The number of rotatable bonds is 6. The molecular weight excluding hydrogens is 586 g/mol. The minimum atomic E-state index is -2.81. The zero-order valence-corrected chi connectivity index (χ0v) is 26.7. The predicted molar refractivity (Wildman–Crippen MR) is 164 cm³/mol. The number of imide groups is 1. The normalized spacial score (nSPS) is 24.6. The number of likely N-dealkylation sites (N-methyl/N-ethyl adjacent to an activating group) is 1. The van der Waals surface area contributed by atoms with Gasteiger partial charge in [-0.25, -0.2) is 0 Å². The van der Waals surface area contributed by atoms with Gasteiger partial charge < -0.3 is 36.0 Å². The number of hydrogen-bond donors (Lipinski definition) is 7. The number of ketones is 2. The lowest BCUT2D eigenvalue weighted by Gasteiger charge is -2.50. The van der Waals surface area contributed by atoms with E-state index in [1.165, 1.54) is 4.90 Å². The zero-order chi connectivity index (χ0) is 33.9. The Morgan fingerprint density at radius 2 is 1.69 bits per heavy atom. The van der Waals surface area contributed by atoms with Crippen molar-refractivity contribution in [3.8, 4) is 5.75 Å². The highest BCUT2D eigenvalue weighted by atomic mass is 16.3. The van der Waals surface area contributed by atoms with Crippen LogP contribution in [0.15, 0.2) is 28.7 Å². The smallest absolute Gasteiger partial charge is 0.265 e.